The first-order chi connectivity index (χ1) is 8.95. The summed E-state index contributed by atoms with van der Waals surface area (Å²) in [6.45, 7) is 6.08. The Morgan fingerprint density at radius 2 is 1.89 bits per heavy atom. The Balaban J connectivity index is 2.77. The Morgan fingerprint density at radius 1 is 1.32 bits per heavy atom. The molecule has 1 saturated carbocycles. The number of hydrogen-bond acceptors (Lipinski definition) is 3. The highest BCUT2D eigenvalue weighted by Crippen LogP contribution is 2.25. The van der Waals surface area contributed by atoms with Crippen LogP contribution in [0.2, 0.25) is 0 Å². The molecular formula is C15H25NO3. The third kappa shape index (κ3) is 4.69. The van der Waals surface area contributed by atoms with Crippen molar-refractivity contribution in [1.29, 1.82) is 0 Å². The summed E-state index contributed by atoms with van der Waals surface area (Å²) in [4.78, 5) is 25.7. The molecule has 0 spiro atoms. The molecule has 0 saturated heterocycles. The number of esters is 1. The Morgan fingerprint density at radius 3 is 2.37 bits per heavy atom. The molecule has 0 radical (unpaired) electrons. The van der Waals surface area contributed by atoms with Gasteiger partial charge in [-0.3, -0.25) is 9.59 Å². The van der Waals surface area contributed by atoms with Gasteiger partial charge in [-0.25, -0.2) is 0 Å². The van der Waals surface area contributed by atoms with Gasteiger partial charge in [0.1, 0.15) is 0 Å². The molecule has 19 heavy (non-hydrogen) atoms. The second kappa shape index (κ2) is 7.31. The summed E-state index contributed by atoms with van der Waals surface area (Å²) in [6.07, 6.45) is 6.06. The van der Waals surface area contributed by atoms with E-state index >= 15 is 0 Å². The third-order valence-electron chi connectivity index (χ3n) is 3.53. The molecule has 0 aliphatic heterocycles. The Labute approximate surface area is 115 Å². The highest BCUT2D eigenvalue weighted by atomic mass is 16.5. The van der Waals surface area contributed by atoms with Gasteiger partial charge >= 0.3 is 5.97 Å². The van der Waals surface area contributed by atoms with Gasteiger partial charge in [0.05, 0.1) is 13.0 Å². The monoisotopic (exact) mass is 267 g/mol. The number of methoxy groups -OCH3 is 1. The van der Waals surface area contributed by atoms with Crippen molar-refractivity contribution in [3.8, 4) is 0 Å². The number of allylic oxidation sites excluding steroid dienone is 1. The number of hydrogen-bond donors (Lipinski definition) is 0. The first kappa shape index (κ1) is 15.7. The molecule has 0 bridgehead atoms. The normalized spacial score (nSPS) is 16.8. The summed E-state index contributed by atoms with van der Waals surface area (Å²) in [6, 6.07) is 0.273. The molecule has 1 amide bonds. The van der Waals surface area contributed by atoms with Crippen LogP contribution in [0.1, 0.15) is 46.5 Å². The van der Waals surface area contributed by atoms with Gasteiger partial charge in [0.2, 0.25) is 5.91 Å². The lowest BCUT2D eigenvalue weighted by Gasteiger charge is -2.30. The maximum Gasteiger partial charge on any atom is 0.310 e. The van der Waals surface area contributed by atoms with E-state index < -0.39 is 0 Å². The van der Waals surface area contributed by atoms with E-state index in [0.717, 1.165) is 31.3 Å². The van der Waals surface area contributed by atoms with Crippen molar-refractivity contribution in [2.24, 2.45) is 5.92 Å². The number of ether oxygens (including phenoxy) is 1. The molecule has 1 rings (SSSR count). The zero-order valence-electron chi connectivity index (χ0n) is 12.4. The van der Waals surface area contributed by atoms with E-state index in [1.807, 2.05) is 25.7 Å². The quantitative estimate of drug-likeness (QED) is 0.568. The van der Waals surface area contributed by atoms with Gasteiger partial charge in [0.15, 0.2) is 0 Å². The molecule has 1 aliphatic rings. The lowest BCUT2D eigenvalue weighted by Crippen LogP contribution is -2.42. The van der Waals surface area contributed by atoms with E-state index in [1.165, 1.54) is 7.11 Å². The highest BCUT2D eigenvalue weighted by molar-refractivity contribution is 5.88. The van der Waals surface area contributed by atoms with Crippen LogP contribution in [-0.2, 0) is 14.3 Å². The molecule has 0 aromatic carbocycles. The number of carbonyl (C=O) groups is 2. The van der Waals surface area contributed by atoms with Gasteiger partial charge < -0.3 is 9.64 Å². The molecular weight excluding hydrogens is 242 g/mol. The van der Waals surface area contributed by atoms with E-state index in [9.17, 15) is 9.59 Å². The topological polar surface area (TPSA) is 46.6 Å². The van der Waals surface area contributed by atoms with E-state index in [2.05, 4.69) is 0 Å². The Bertz CT molecular complexity index is 352. The first-order valence-electron chi connectivity index (χ1n) is 6.99. The lowest BCUT2D eigenvalue weighted by molar-refractivity contribution is -0.146. The summed E-state index contributed by atoms with van der Waals surface area (Å²) in [5.74, 6) is -0.518. The van der Waals surface area contributed by atoms with Crippen molar-refractivity contribution < 1.29 is 14.3 Å². The van der Waals surface area contributed by atoms with Crippen LogP contribution >= 0.6 is 0 Å². The van der Waals surface area contributed by atoms with Crippen LogP contribution in [0.25, 0.3) is 0 Å². The van der Waals surface area contributed by atoms with Crippen molar-refractivity contribution in [3.05, 3.63) is 11.6 Å². The predicted octanol–water partition coefficient (Wildman–Crippen LogP) is 2.53. The summed E-state index contributed by atoms with van der Waals surface area (Å²) < 4.78 is 4.74. The minimum absolute atomic E-state index is 0.0163. The maximum atomic E-state index is 12.3. The zero-order valence-corrected chi connectivity index (χ0v) is 12.4. The van der Waals surface area contributed by atoms with Gasteiger partial charge in [-0.2, -0.15) is 0 Å². The van der Waals surface area contributed by atoms with E-state index in [1.54, 1.807) is 6.08 Å². The molecule has 1 aliphatic carbocycles. The van der Waals surface area contributed by atoms with Crippen LogP contribution in [0.15, 0.2) is 11.6 Å². The molecule has 1 fully saturated rings. The number of rotatable bonds is 5. The molecule has 0 N–H and O–H groups in total. The van der Waals surface area contributed by atoms with Crippen LogP contribution in [-0.4, -0.2) is 36.5 Å². The van der Waals surface area contributed by atoms with Crippen molar-refractivity contribution in [2.75, 3.05) is 13.7 Å². The third-order valence-corrected chi connectivity index (χ3v) is 3.53. The van der Waals surface area contributed by atoms with Crippen LogP contribution in [0, 0.1) is 5.92 Å². The highest BCUT2D eigenvalue weighted by Gasteiger charge is 2.28. The summed E-state index contributed by atoms with van der Waals surface area (Å²) in [7, 11) is 1.39. The molecule has 108 valence electrons. The van der Waals surface area contributed by atoms with Crippen molar-refractivity contribution in [3.63, 3.8) is 0 Å². The van der Waals surface area contributed by atoms with Crippen molar-refractivity contribution >= 4 is 11.9 Å². The van der Waals surface area contributed by atoms with Crippen LogP contribution < -0.4 is 0 Å². The Hall–Kier alpha value is -1.32. The smallest absolute Gasteiger partial charge is 0.310 e. The predicted molar refractivity (Wildman–Crippen MR) is 74.6 cm³/mol. The van der Waals surface area contributed by atoms with Gasteiger partial charge in [-0.15, -0.1) is 0 Å². The zero-order chi connectivity index (χ0) is 14.4. The summed E-state index contributed by atoms with van der Waals surface area (Å²) in [5, 5.41) is 0. The maximum absolute atomic E-state index is 12.3. The van der Waals surface area contributed by atoms with E-state index in [0.29, 0.717) is 6.54 Å². The van der Waals surface area contributed by atoms with Gasteiger partial charge in [0, 0.05) is 18.7 Å². The largest absolute Gasteiger partial charge is 0.469 e. The minimum atomic E-state index is -0.278. The van der Waals surface area contributed by atoms with Crippen LogP contribution in [0.5, 0.6) is 0 Å². The minimum Gasteiger partial charge on any atom is -0.469 e. The van der Waals surface area contributed by atoms with Gasteiger partial charge in [0.25, 0.3) is 0 Å². The number of carbonyl (C=O) groups excluding carboxylic acids is 2. The average molecular weight is 267 g/mol. The van der Waals surface area contributed by atoms with E-state index in [4.69, 9.17) is 4.74 Å². The second-order valence-corrected chi connectivity index (χ2v) is 5.57. The van der Waals surface area contributed by atoms with E-state index in [-0.39, 0.29) is 23.8 Å². The number of nitrogens with zero attached hydrogens (tertiary/aromatic N) is 1. The van der Waals surface area contributed by atoms with Crippen LogP contribution in [0.3, 0.4) is 0 Å². The van der Waals surface area contributed by atoms with Gasteiger partial charge in [-0.1, -0.05) is 25.3 Å². The fourth-order valence-corrected chi connectivity index (χ4v) is 2.54. The molecule has 0 heterocycles. The fourth-order valence-electron chi connectivity index (χ4n) is 2.54. The van der Waals surface area contributed by atoms with Crippen molar-refractivity contribution in [2.45, 2.75) is 52.5 Å². The molecule has 1 atom stereocenters. The second-order valence-electron chi connectivity index (χ2n) is 5.57. The van der Waals surface area contributed by atoms with Crippen LogP contribution in [0.4, 0.5) is 0 Å². The standard InChI is InChI=1S/C15H25NO3/c1-11(2)9-14(17)16(13-7-5-6-8-13)10-12(3)15(18)19-4/h9,12-13H,5-8,10H2,1-4H3. The van der Waals surface area contributed by atoms with Gasteiger partial charge in [-0.05, 0) is 26.7 Å². The molecule has 4 nitrogen and oxygen atoms in total. The first-order valence-corrected chi connectivity index (χ1v) is 6.99. The Kier molecular flexibility index (Phi) is 6.06. The molecule has 0 aromatic heterocycles. The van der Waals surface area contributed by atoms with Crippen molar-refractivity contribution in [1.82, 2.24) is 4.90 Å². The number of amides is 1. The fraction of sp³-hybridized carbons (Fsp3) is 0.733. The molecule has 0 aromatic rings. The lowest BCUT2D eigenvalue weighted by atomic mass is 10.1. The molecule has 4 heteroatoms. The summed E-state index contributed by atoms with van der Waals surface area (Å²) >= 11 is 0. The average Bonchev–Trinajstić information content (AvgIpc) is 2.87. The molecule has 1 unspecified atom stereocenters. The summed E-state index contributed by atoms with van der Waals surface area (Å²) in [5.41, 5.74) is 0.985. The SMILES string of the molecule is COC(=O)C(C)CN(C(=O)C=C(C)C)C1CCCC1.